The molecule has 3 amide bonds. The molecule has 2 rings (SSSR count). The molecule has 0 bridgehead atoms. The molecule has 7 nitrogen and oxygen atoms in total. The molecule has 1 atom stereocenters. The summed E-state index contributed by atoms with van der Waals surface area (Å²) in [5, 5.41) is 0. The van der Waals surface area contributed by atoms with Crippen molar-refractivity contribution in [2.75, 3.05) is 40.5 Å². The lowest BCUT2D eigenvalue weighted by Crippen LogP contribution is -2.46. The highest BCUT2D eigenvalue weighted by Gasteiger charge is 2.54. The lowest BCUT2D eigenvalue weighted by molar-refractivity contribution is -0.143. The van der Waals surface area contributed by atoms with E-state index in [0.717, 1.165) is 11.1 Å². The van der Waals surface area contributed by atoms with Gasteiger partial charge < -0.3 is 14.4 Å². The van der Waals surface area contributed by atoms with E-state index in [2.05, 4.69) is 0 Å². The highest BCUT2D eigenvalue weighted by molar-refractivity contribution is 6.11. The van der Waals surface area contributed by atoms with Crippen molar-refractivity contribution >= 4 is 17.7 Å². The predicted molar refractivity (Wildman–Crippen MR) is 114 cm³/mol. The van der Waals surface area contributed by atoms with E-state index >= 15 is 0 Å². The zero-order valence-electron chi connectivity index (χ0n) is 18.8. The normalized spacial score (nSPS) is 19.1. The largest absolute Gasteiger partial charge is 0.385 e. The van der Waals surface area contributed by atoms with Gasteiger partial charge >= 0.3 is 0 Å². The van der Waals surface area contributed by atoms with Crippen molar-refractivity contribution in [1.29, 1.82) is 0 Å². The van der Waals surface area contributed by atoms with Crippen molar-refractivity contribution in [3.05, 3.63) is 35.4 Å². The van der Waals surface area contributed by atoms with Gasteiger partial charge in [-0.3, -0.25) is 19.3 Å². The van der Waals surface area contributed by atoms with Crippen LogP contribution < -0.4 is 0 Å². The fraction of sp³-hybridized carbons (Fsp3) is 0.609. The first-order valence-electron chi connectivity index (χ1n) is 10.5. The first-order valence-corrected chi connectivity index (χ1v) is 10.5. The van der Waals surface area contributed by atoms with Gasteiger partial charge in [0.25, 0.3) is 0 Å². The number of benzene rings is 1. The zero-order chi connectivity index (χ0) is 22.3. The maximum atomic E-state index is 13.6. The summed E-state index contributed by atoms with van der Waals surface area (Å²) < 4.78 is 10.2. The Balaban J connectivity index is 2.41. The van der Waals surface area contributed by atoms with Crippen LogP contribution in [0.4, 0.5) is 0 Å². The molecule has 1 aliphatic rings. The van der Waals surface area contributed by atoms with Gasteiger partial charge in [-0.15, -0.1) is 0 Å². The second-order valence-electron chi connectivity index (χ2n) is 8.12. The molecule has 0 N–H and O–H groups in total. The smallest absolute Gasteiger partial charge is 0.240 e. The Morgan fingerprint density at radius 3 is 2.43 bits per heavy atom. The van der Waals surface area contributed by atoms with Crippen molar-refractivity contribution in [1.82, 2.24) is 9.80 Å². The number of methoxy groups -OCH3 is 2. The predicted octanol–water partition coefficient (Wildman–Crippen LogP) is 2.30. The number of likely N-dealkylation sites (tertiary alicyclic amines) is 1. The van der Waals surface area contributed by atoms with Gasteiger partial charge in [-0.05, 0) is 38.3 Å². The average Bonchev–Trinajstić information content (AvgIpc) is 2.93. The van der Waals surface area contributed by atoms with Crippen molar-refractivity contribution in [2.24, 2.45) is 0 Å². The highest BCUT2D eigenvalue weighted by atomic mass is 16.5. The third-order valence-electron chi connectivity index (χ3n) is 5.73. The molecule has 1 aromatic carbocycles. The van der Waals surface area contributed by atoms with Crippen LogP contribution in [0.5, 0.6) is 0 Å². The third-order valence-corrected chi connectivity index (χ3v) is 5.73. The molecule has 0 saturated carbocycles. The topological polar surface area (TPSA) is 76.2 Å². The Hall–Kier alpha value is -2.25. The van der Waals surface area contributed by atoms with Gasteiger partial charge in [0.05, 0.1) is 12.0 Å². The SMILES string of the molecule is COCCCN1C(=O)C[C@](CC(=O)N(CCOC)C(C)C)(c2ccccc2C)C1=O. The van der Waals surface area contributed by atoms with E-state index in [0.29, 0.717) is 32.7 Å². The van der Waals surface area contributed by atoms with E-state index < -0.39 is 5.41 Å². The minimum atomic E-state index is -1.17. The molecular formula is C23H34N2O5. The fourth-order valence-electron chi connectivity index (χ4n) is 4.17. The molecule has 0 radical (unpaired) electrons. The summed E-state index contributed by atoms with van der Waals surface area (Å²) in [5.41, 5.74) is 0.479. The molecule has 1 aromatic rings. The summed E-state index contributed by atoms with van der Waals surface area (Å²) in [7, 11) is 3.18. The number of nitrogens with zero attached hydrogens (tertiary/aromatic N) is 2. The number of hydrogen-bond donors (Lipinski definition) is 0. The second kappa shape index (κ2) is 10.7. The molecule has 0 spiro atoms. The Morgan fingerprint density at radius 2 is 1.83 bits per heavy atom. The summed E-state index contributed by atoms with van der Waals surface area (Å²) in [6, 6.07) is 7.49. The van der Waals surface area contributed by atoms with Crippen LogP contribution >= 0.6 is 0 Å². The van der Waals surface area contributed by atoms with Crippen LogP contribution in [0.3, 0.4) is 0 Å². The maximum absolute atomic E-state index is 13.6. The number of aryl methyl sites for hydroxylation is 1. The summed E-state index contributed by atoms with van der Waals surface area (Å²) in [6.45, 7) is 7.40. The zero-order valence-corrected chi connectivity index (χ0v) is 18.8. The fourth-order valence-corrected chi connectivity index (χ4v) is 4.17. The average molecular weight is 419 g/mol. The van der Waals surface area contributed by atoms with E-state index in [4.69, 9.17) is 9.47 Å². The molecule has 1 saturated heterocycles. The van der Waals surface area contributed by atoms with Gasteiger partial charge in [-0.1, -0.05) is 24.3 Å². The number of imide groups is 1. The number of ether oxygens (including phenoxy) is 2. The lowest BCUT2D eigenvalue weighted by atomic mass is 9.73. The van der Waals surface area contributed by atoms with E-state index in [-0.39, 0.29) is 36.6 Å². The lowest BCUT2D eigenvalue weighted by Gasteiger charge is -2.33. The number of carbonyl (C=O) groups excluding carboxylic acids is 3. The Kier molecular flexibility index (Phi) is 8.55. The van der Waals surface area contributed by atoms with E-state index in [1.165, 1.54) is 4.90 Å². The number of carbonyl (C=O) groups is 3. The molecule has 1 aliphatic heterocycles. The summed E-state index contributed by atoms with van der Waals surface area (Å²) in [5.74, 6) is -0.674. The number of rotatable bonds is 11. The molecule has 0 aromatic heterocycles. The minimum absolute atomic E-state index is 0.00558. The quantitative estimate of drug-likeness (QED) is 0.407. The van der Waals surface area contributed by atoms with Crippen molar-refractivity contribution in [3.8, 4) is 0 Å². The van der Waals surface area contributed by atoms with Crippen LogP contribution in [-0.4, -0.2) is 74.1 Å². The Bertz CT molecular complexity index is 764. The first-order chi connectivity index (χ1) is 14.3. The van der Waals surface area contributed by atoms with Gasteiger partial charge in [0.15, 0.2) is 0 Å². The molecule has 1 fully saturated rings. The molecular weight excluding hydrogens is 384 g/mol. The molecule has 1 heterocycles. The summed E-state index contributed by atoms with van der Waals surface area (Å²) >= 11 is 0. The monoisotopic (exact) mass is 418 g/mol. The molecule has 0 aliphatic carbocycles. The molecule has 7 heteroatoms. The maximum Gasteiger partial charge on any atom is 0.240 e. The summed E-state index contributed by atoms with van der Waals surface area (Å²) in [4.78, 5) is 42.8. The highest BCUT2D eigenvalue weighted by Crippen LogP contribution is 2.41. The van der Waals surface area contributed by atoms with Crippen molar-refractivity contribution < 1.29 is 23.9 Å². The standard InChI is InChI=1S/C23H34N2O5/c1-17(2)24(12-14-30-5)20(26)15-23(19-10-7-6-9-18(19)3)16-21(27)25(22(23)28)11-8-13-29-4/h6-7,9-10,17H,8,11-16H2,1-5H3/t23-/m1/s1. The first kappa shape index (κ1) is 24.0. The molecule has 30 heavy (non-hydrogen) atoms. The summed E-state index contributed by atoms with van der Waals surface area (Å²) in [6.07, 6.45) is 0.536. The van der Waals surface area contributed by atoms with E-state index in [9.17, 15) is 14.4 Å². The Morgan fingerprint density at radius 1 is 1.17 bits per heavy atom. The third kappa shape index (κ3) is 5.08. The van der Waals surface area contributed by atoms with Crippen LogP contribution in [0.15, 0.2) is 24.3 Å². The van der Waals surface area contributed by atoms with Gasteiger partial charge in [-0.25, -0.2) is 0 Å². The number of amides is 3. The van der Waals surface area contributed by atoms with Gasteiger partial charge in [0.1, 0.15) is 0 Å². The van der Waals surface area contributed by atoms with Gasteiger partial charge in [0, 0.05) is 52.8 Å². The van der Waals surface area contributed by atoms with E-state index in [1.807, 2.05) is 45.0 Å². The molecule has 0 unspecified atom stereocenters. The van der Waals surface area contributed by atoms with Gasteiger partial charge in [-0.2, -0.15) is 0 Å². The molecule has 166 valence electrons. The van der Waals surface area contributed by atoms with Crippen LogP contribution in [0.2, 0.25) is 0 Å². The van der Waals surface area contributed by atoms with Crippen LogP contribution in [0, 0.1) is 6.92 Å². The van der Waals surface area contributed by atoms with Gasteiger partial charge in [0.2, 0.25) is 17.7 Å². The minimum Gasteiger partial charge on any atom is -0.385 e. The van der Waals surface area contributed by atoms with Crippen LogP contribution in [0.1, 0.15) is 44.2 Å². The van der Waals surface area contributed by atoms with Crippen molar-refractivity contribution in [2.45, 2.75) is 51.5 Å². The van der Waals surface area contributed by atoms with Crippen LogP contribution in [-0.2, 0) is 29.3 Å². The Labute approximate surface area is 179 Å². The van der Waals surface area contributed by atoms with Crippen molar-refractivity contribution in [3.63, 3.8) is 0 Å². The van der Waals surface area contributed by atoms with E-state index in [1.54, 1.807) is 19.1 Å². The second-order valence-corrected chi connectivity index (χ2v) is 8.12. The number of hydrogen-bond acceptors (Lipinski definition) is 5. The van der Waals surface area contributed by atoms with Crippen LogP contribution in [0.25, 0.3) is 0 Å².